The molecule has 1 aliphatic heterocycles. The van der Waals surface area contributed by atoms with E-state index in [9.17, 15) is 14.7 Å². The molecule has 8 heteroatoms. The maximum absolute atomic E-state index is 13.5. The maximum atomic E-state index is 13.5. The van der Waals surface area contributed by atoms with Gasteiger partial charge in [0.15, 0.2) is 0 Å². The van der Waals surface area contributed by atoms with Crippen LogP contribution in [0, 0.1) is 0 Å². The van der Waals surface area contributed by atoms with Gasteiger partial charge in [0, 0.05) is 24.4 Å². The number of benzene rings is 6. The number of carboxylic acid groups (broad SMARTS) is 1. The van der Waals surface area contributed by atoms with Crippen molar-refractivity contribution in [1.82, 2.24) is 19.9 Å². The zero-order valence-electron chi connectivity index (χ0n) is 24.7. The van der Waals surface area contributed by atoms with Crippen molar-refractivity contribution in [2.75, 3.05) is 13.2 Å². The second-order valence-electron chi connectivity index (χ2n) is 12.3. The molecule has 1 aromatic heterocycles. The number of aromatic nitrogens is 3. The van der Waals surface area contributed by atoms with Gasteiger partial charge in [0.1, 0.15) is 18.3 Å². The van der Waals surface area contributed by atoms with E-state index in [0.717, 1.165) is 38.6 Å². The second kappa shape index (κ2) is 10.1. The first-order valence-corrected chi connectivity index (χ1v) is 15.5. The smallest absolute Gasteiger partial charge is 0.410 e. The lowest BCUT2D eigenvalue weighted by Gasteiger charge is -2.22. The Morgan fingerprint density at radius 1 is 0.761 bits per heavy atom. The zero-order valence-corrected chi connectivity index (χ0v) is 24.7. The minimum absolute atomic E-state index is 0.110. The van der Waals surface area contributed by atoms with Gasteiger partial charge in [-0.3, -0.25) is 4.90 Å². The van der Waals surface area contributed by atoms with Crippen molar-refractivity contribution >= 4 is 44.4 Å². The minimum Gasteiger partial charge on any atom is -0.480 e. The Morgan fingerprint density at radius 3 is 2.13 bits per heavy atom. The number of carbonyl (C=O) groups excluding carboxylic acids is 1. The van der Waals surface area contributed by atoms with Crippen molar-refractivity contribution in [3.8, 4) is 22.4 Å². The van der Waals surface area contributed by atoms with Crippen LogP contribution in [0.1, 0.15) is 29.5 Å². The average Bonchev–Trinajstić information content (AvgIpc) is 3.83. The molecule has 9 rings (SSSR count). The zero-order chi connectivity index (χ0) is 30.9. The van der Waals surface area contributed by atoms with Crippen LogP contribution in [0.2, 0.25) is 0 Å². The second-order valence-corrected chi connectivity index (χ2v) is 12.3. The number of rotatable bonds is 5. The van der Waals surface area contributed by atoms with E-state index in [1.54, 1.807) is 4.68 Å². The van der Waals surface area contributed by atoms with Crippen molar-refractivity contribution in [2.24, 2.45) is 0 Å². The van der Waals surface area contributed by atoms with E-state index in [2.05, 4.69) is 89.2 Å². The number of carboxylic acids is 1. The largest absolute Gasteiger partial charge is 0.480 e. The molecule has 2 heterocycles. The molecule has 0 radical (unpaired) electrons. The summed E-state index contributed by atoms with van der Waals surface area (Å²) in [6, 6.07) is 34.0. The summed E-state index contributed by atoms with van der Waals surface area (Å²) in [6.07, 6.45) is 1.43. The van der Waals surface area contributed by atoms with Crippen LogP contribution in [0.5, 0.6) is 0 Å². The van der Waals surface area contributed by atoms with Gasteiger partial charge in [-0.2, -0.15) is 0 Å². The first-order valence-electron chi connectivity index (χ1n) is 15.5. The molecule has 6 aromatic carbocycles. The molecule has 0 spiro atoms. The summed E-state index contributed by atoms with van der Waals surface area (Å²) < 4.78 is 7.54. The van der Waals surface area contributed by atoms with Crippen molar-refractivity contribution < 1.29 is 19.4 Å². The molecular formula is C38H28N4O4. The fraction of sp³-hybridized carbons (Fsp3) is 0.158. The maximum Gasteiger partial charge on any atom is 0.410 e. The summed E-state index contributed by atoms with van der Waals surface area (Å²) in [5.41, 5.74) is 6.13. The van der Waals surface area contributed by atoms with Gasteiger partial charge < -0.3 is 9.84 Å². The molecular weight excluding hydrogens is 576 g/mol. The van der Waals surface area contributed by atoms with Crippen molar-refractivity contribution in [2.45, 2.75) is 24.4 Å². The number of nitrogens with zero attached hydrogens (tertiary/aromatic N) is 4. The van der Waals surface area contributed by atoms with Crippen LogP contribution in [-0.4, -0.2) is 56.3 Å². The first kappa shape index (κ1) is 26.6. The SMILES string of the molecule is O=C(O)[C@H]1C[C@@H](n2cc(-c3ccc4ccc5cccc6ccc3c4c56)nn2)CN1C(=O)OCC1c2ccccc2-c2ccccc21. The van der Waals surface area contributed by atoms with Crippen molar-refractivity contribution in [1.29, 1.82) is 0 Å². The molecule has 2 aliphatic rings. The van der Waals surface area contributed by atoms with Crippen LogP contribution in [0.15, 0.2) is 109 Å². The van der Waals surface area contributed by atoms with E-state index in [1.807, 2.05) is 30.5 Å². The summed E-state index contributed by atoms with van der Waals surface area (Å²) in [5, 5.41) is 26.1. The molecule has 1 fully saturated rings. The summed E-state index contributed by atoms with van der Waals surface area (Å²) >= 11 is 0. The third-order valence-electron chi connectivity index (χ3n) is 9.82. The van der Waals surface area contributed by atoms with Gasteiger partial charge in [-0.05, 0) is 54.6 Å². The normalized spacial score (nSPS) is 17.6. The van der Waals surface area contributed by atoms with Gasteiger partial charge in [-0.25, -0.2) is 14.3 Å². The van der Waals surface area contributed by atoms with E-state index >= 15 is 0 Å². The predicted molar refractivity (Wildman–Crippen MR) is 176 cm³/mol. The van der Waals surface area contributed by atoms with Crippen LogP contribution in [-0.2, 0) is 9.53 Å². The lowest BCUT2D eigenvalue weighted by molar-refractivity contribution is -0.141. The third-order valence-corrected chi connectivity index (χ3v) is 9.82. The fourth-order valence-electron chi connectivity index (χ4n) is 7.66. The highest BCUT2D eigenvalue weighted by Gasteiger charge is 2.42. The lowest BCUT2D eigenvalue weighted by Crippen LogP contribution is -2.41. The highest BCUT2D eigenvalue weighted by atomic mass is 16.6. The molecule has 2 atom stereocenters. The highest BCUT2D eigenvalue weighted by Crippen LogP contribution is 2.45. The molecule has 8 nitrogen and oxygen atoms in total. The van der Waals surface area contributed by atoms with Gasteiger partial charge in [0.05, 0.1) is 12.2 Å². The summed E-state index contributed by atoms with van der Waals surface area (Å²) in [5.74, 6) is -1.18. The molecule has 1 N–H and O–H groups in total. The van der Waals surface area contributed by atoms with Crippen LogP contribution in [0.3, 0.4) is 0 Å². The monoisotopic (exact) mass is 604 g/mol. The summed E-state index contributed by atoms with van der Waals surface area (Å²) in [6.45, 7) is 0.289. The Labute approximate surface area is 263 Å². The molecule has 0 unspecified atom stereocenters. The Hall–Kier alpha value is -5.76. The molecule has 46 heavy (non-hydrogen) atoms. The van der Waals surface area contributed by atoms with E-state index in [4.69, 9.17) is 4.74 Å². The van der Waals surface area contributed by atoms with Crippen LogP contribution >= 0.6 is 0 Å². The number of ether oxygens (including phenoxy) is 1. The minimum atomic E-state index is -1.07. The molecule has 1 saturated heterocycles. The Balaban J connectivity index is 0.980. The molecule has 224 valence electrons. The van der Waals surface area contributed by atoms with E-state index in [0.29, 0.717) is 5.69 Å². The molecule has 1 aliphatic carbocycles. The van der Waals surface area contributed by atoms with Crippen LogP contribution in [0.4, 0.5) is 4.79 Å². The van der Waals surface area contributed by atoms with Gasteiger partial charge in [0.2, 0.25) is 0 Å². The van der Waals surface area contributed by atoms with E-state index in [-0.39, 0.29) is 31.5 Å². The third kappa shape index (κ3) is 3.99. The number of hydrogen-bond acceptors (Lipinski definition) is 5. The molecule has 0 bridgehead atoms. The van der Waals surface area contributed by atoms with Gasteiger partial charge in [0.25, 0.3) is 0 Å². The Morgan fingerprint density at radius 2 is 1.41 bits per heavy atom. The van der Waals surface area contributed by atoms with Crippen molar-refractivity contribution in [3.05, 3.63) is 120 Å². The molecule has 1 amide bonds. The Bertz CT molecular complexity index is 2270. The Kier molecular flexibility index (Phi) is 5.87. The molecule has 0 saturated carbocycles. The quantitative estimate of drug-likeness (QED) is 0.205. The van der Waals surface area contributed by atoms with Crippen molar-refractivity contribution in [3.63, 3.8) is 0 Å². The number of hydrogen-bond donors (Lipinski definition) is 1. The van der Waals surface area contributed by atoms with Gasteiger partial charge in [-0.15, -0.1) is 5.10 Å². The predicted octanol–water partition coefficient (Wildman–Crippen LogP) is 7.49. The van der Waals surface area contributed by atoms with E-state index < -0.39 is 18.1 Å². The number of amides is 1. The topological polar surface area (TPSA) is 97.5 Å². The average molecular weight is 605 g/mol. The van der Waals surface area contributed by atoms with E-state index in [1.165, 1.54) is 26.4 Å². The summed E-state index contributed by atoms with van der Waals surface area (Å²) in [4.78, 5) is 27.1. The van der Waals surface area contributed by atoms with Crippen LogP contribution in [0.25, 0.3) is 54.7 Å². The standard InChI is InChI=1S/C38H28N4O4/c43-37(44)34-18-25(19-41(34)38(45)46-21-32-28-10-3-1-8-26(28)27-9-2-4-11-29(27)32)42-20-33(39-40-42)30-16-14-24-13-12-22-6-5-7-23-15-17-31(30)36(24)35(22)23/h1-17,20,25,32,34H,18-19,21H2,(H,43,44)/t25-,34-/m1/s1. The van der Waals surface area contributed by atoms with Gasteiger partial charge >= 0.3 is 12.1 Å². The van der Waals surface area contributed by atoms with Gasteiger partial charge in [-0.1, -0.05) is 108 Å². The number of aliphatic carboxylic acids is 1. The first-order chi connectivity index (χ1) is 22.5. The summed E-state index contributed by atoms with van der Waals surface area (Å²) in [7, 11) is 0. The number of carbonyl (C=O) groups is 2. The number of likely N-dealkylation sites (tertiary alicyclic amines) is 1. The number of fused-ring (bicyclic) bond motifs is 3. The highest BCUT2D eigenvalue weighted by molar-refractivity contribution is 6.25. The molecule has 7 aromatic rings. The fourth-order valence-corrected chi connectivity index (χ4v) is 7.66. The van der Waals surface area contributed by atoms with Crippen LogP contribution < -0.4 is 0 Å². The lowest BCUT2D eigenvalue weighted by atomic mass is 9.91.